The molecule has 0 atom stereocenters. The van der Waals surface area contributed by atoms with Crippen LogP contribution in [0.4, 0.5) is 17.6 Å². The molecule has 0 radical (unpaired) electrons. The average molecular weight is 234 g/mol. The Morgan fingerprint density at radius 3 is 2.07 bits per heavy atom. The molecule has 0 amide bonds. The highest BCUT2D eigenvalue weighted by molar-refractivity contribution is 4.54. The fourth-order valence-corrected chi connectivity index (χ4v) is 0.664. The predicted octanol–water partition coefficient (Wildman–Crippen LogP) is 1.91. The molecule has 0 heterocycles. The summed E-state index contributed by atoms with van der Waals surface area (Å²) < 4.78 is 60.7. The van der Waals surface area contributed by atoms with Gasteiger partial charge in [0.25, 0.3) is 0 Å². The van der Waals surface area contributed by atoms with Gasteiger partial charge in [0.2, 0.25) is 0 Å². The topological polar surface area (TPSA) is 27.7 Å². The van der Waals surface area contributed by atoms with Crippen molar-refractivity contribution in [3.8, 4) is 0 Å². The fraction of sp³-hybridized carbons (Fsp3) is 1.00. The van der Waals surface area contributed by atoms with Crippen LogP contribution in [-0.4, -0.2) is 45.6 Å². The first-order valence-corrected chi connectivity index (χ1v) is 4.46. The van der Waals surface area contributed by atoms with Crippen molar-refractivity contribution in [2.24, 2.45) is 0 Å². The number of ether oxygens (including phenoxy) is 3. The summed E-state index contributed by atoms with van der Waals surface area (Å²) in [6.45, 7) is 2.13. The summed E-state index contributed by atoms with van der Waals surface area (Å²) in [6.07, 6.45) is -8.22. The Balaban J connectivity index is 3.31. The van der Waals surface area contributed by atoms with E-state index >= 15 is 0 Å². The van der Waals surface area contributed by atoms with E-state index in [0.29, 0.717) is 13.2 Å². The first-order valence-electron chi connectivity index (χ1n) is 4.46. The van der Waals surface area contributed by atoms with E-state index in [-0.39, 0.29) is 13.2 Å². The van der Waals surface area contributed by atoms with Gasteiger partial charge in [0.1, 0.15) is 0 Å². The Kier molecular flexibility index (Phi) is 7.63. The van der Waals surface area contributed by atoms with Crippen molar-refractivity contribution in [3.05, 3.63) is 0 Å². The van der Waals surface area contributed by atoms with Crippen molar-refractivity contribution in [2.45, 2.75) is 19.5 Å². The minimum Gasteiger partial charge on any atom is -0.379 e. The summed E-state index contributed by atoms with van der Waals surface area (Å²) in [6, 6.07) is 0. The Bertz CT molecular complexity index is 155. The van der Waals surface area contributed by atoms with E-state index in [9.17, 15) is 17.6 Å². The molecule has 0 aromatic heterocycles. The Labute approximate surface area is 85.3 Å². The molecule has 0 aliphatic carbocycles. The van der Waals surface area contributed by atoms with E-state index in [0.717, 1.165) is 0 Å². The van der Waals surface area contributed by atoms with Gasteiger partial charge in [-0.25, -0.2) is 8.78 Å². The zero-order valence-corrected chi connectivity index (χ0v) is 8.35. The van der Waals surface area contributed by atoms with Crippen LogP contribution in [0.5, 0.6) is 0 Å². The van der Waals surface area contributed by atoms with Crippen molar-refractivity contribution < 1.29 is 31.8 Å². The van der Waals surface area contributed by atoms with E-state index in [1.54, 1.807) is 6.92 Å². The van der Waals surface area contributed by atoms with Crippen LogP contribution >= 0.6 is 0 Å². The highest BCUT2D eigenvalue weighted by atomic mass is 19.3. The van der Waals surface area contributed by atoms with E-state index in [4.69, 9.17) is 9.47 Å². The Hall–Kier alpha value is -0.400. The highest BCUT2D eigenvalue weighted by Gasteiger charge is 2.41. The van der Waals surface area contributed by atoms with Gasteiger partial charge in [-0.1, -0.05) is 0 Å². The number of halogens is 4. The average Bonchev–Trinajstić information content (AvgIpc) is 2.16. The van der Waals surface area contributed by atoms with Gasteiger partial charge in [0.15, 0.2) is 0 Å². The van der Waals surface area contributed by atoms with Crippen LogP contribution in [0.25, 0.3) is 0 Å². The number of hydrogen-bond donors (Lipinski definition) is 0. The zero-order valence-electron chi connectivity index (χ0n) is 8.35. The van der Waals surface area contributed by atoms with Gasteiger partial charge < -0.3 is 14.2 Å². The minimum absolute atomic E-state index is 0.171. The summed E-state index contributed by atoms with van der Waals surface area (Å²) in [5.41, 5.74) is 0. The van der Waals surface area contributed by atoms with Crippen molar-refractivity contribution in [3.63, 3.8) is 0 Å². The SMILES string of the molecule is CCOCCOCCOC(F)(F)C(F)F. The van der Waals surface area contributed by atoms with Crippen molar-refractivity contribution in [2.75, 3.05) is 33.0 Å². The molecule has 0 bridgehead atoms. The first-order chi connectivity index (χ1) is 7.00. The molecule has 0 rings (SSSR count). The molecule has 0 aromatic carbocycles. The van der Waals surface area contributed by atoms with E-state index in [1.807, 2.05) is 0 Å². The van der Waals surface area contributed by atoms with Crippen molar-refractivity contribution in [1.82, 2.24) is 0 Å². The van der Waals surface area contributed by atoms with Gasteiger partial charge in [-0.3, -0.25) is 0 Å². The monoisotopic (exact) mass is 234 g/mol. The van der Waals surface area contributed by atoms with Gasteiger partial charge in [0, 0.05) is 6.61 Å². The highest BCUT2D eigenvalue weighted by Crippen LogP contribution is 2.23. The van der Waals surface area contributed by atoms with Crippen LogP contribution in [-0.2, 0) is 14.2 Å². The fourth-order valence-electron chi connectivity index (χ4n) is 0.664. The van der Waals surface area contributed by atoms with E-state index < -0.39 is 19.1 Å². The molecule has 0 unspecified atom stereocenters. The molecule has 0 aliphatic rings. The van der Waals surface area contributed by atoms with Crippen LogP contribution in [0.3, 0.4) is 0 Å². The molecular weight excluding hydrogens is 220 g/mol. The first kappa shape index (κ1) is 14.6. The molecule has 3 nitrogen and oxygen atoms in total. The van der Waals surface area contributed by atoms with Crippen molar-refractivity contribution in [1.29, 1.82) is 0 Å². The summed E-state index contributed by atoms with van der Waals surface area (Å²) in [7, 11) is 0. The second-order valence-corrected chi connectivity index (χ2v) is 2.52. The molecular formula is C8H14F4O3. The molecule has 0 saturated carbocycles. The molecule has 7 heteroatoms. The maximum Gasteiger partial charge on any atom is 0.416 e. The summed E-state index contributed by atoms with van der Waals surface area (Å²) in [4.78, 5) is 0. The van der Waals surface area contributed by atoms with Crippen LogP contribution < -0.4 is 0 Å². The van der Waals surface area contributed by atoms with Gasteiger partial charge in [0.05, 0.1) is 26.4 Å². The van der Waals surface area contributed by atoms with E-state index in [2.05, 4.69) is 4.74 Å². The minimum atomic E-state index is -4.40. The lowest BCUT2D eigenvalue weighted by Gasteiger charge is -2.15. The lowest BCUT2D eigenvalue weighted by Crippen LogP contribution is -2.31. The maximum absolute atomic E-state index is 12.1. The van der Waals surface area contributed by atoms with Gasteiger partial charge in [-0.2, -0.15) is 8.78 Å². The summed E-state index contributed by atoms with van der Waals surface area (Å²) in [5, 5.41) is 0. The second kappa shape index (κ2) is 7.84. The maximum atomic E-state index is 12.1. The number of alkyl halides is 4. The summed E-state index contributed by atoms with van der Waals surface area (Å²) >= 11 is 0. The Morgan fingerprint density at radius 2 is 1.53 bits per heavy atom. The van der Waals surface area contributed by atoms with Gasteiger partial charge in [-0.05, 0) is 6.92 Å². The third kappa shape index (κ3) is 7.52. The third-order valence-electron chi connectivity index (χ3n) is 1.35. The number of rotatable bonds is 9. The predicted molar refractivity (Wildman–Crippen MR) is 44.2 cm³/mol. The molecule has 92 valence electrons. The van der Waals surface area contributed by atoms with Gasteiger partial charge in [-0.15, -0.1) is 0 Å². The third-order valence-corrected chi connectivity index (χ3v) is 1.35. The molecule has 0 N–H and O–H groups in total. The molecule has 0 saturated heterocycles. The molecule has 15 heavy (non-hydrogen) atoms. The van der Waals surface area contributed by atoms with Gasteiger partial charge >= 0.3 is 12.5 Å². The van der Waals surface area contributed by atoms with Crippen LogP contribution in [0.2, 0.25) is 0 Å². The summed E-state index contributed by atoms with van der Waals surface area (Å²) in [5.74, 6) is 0. The molecule has 0 aromatic rings. The largest absolute Gasteiger partial charge is 0.416 e. The van der Waals surface area contributed by atoms with Crippen molar-refractivity contribution >= 4 is 0 Å². The van der Waals surface area contributed by atoms with Crippen LogP contribution in [0.15, 0.2) is 0 Å². The van der Waals surface area contributed by atoms with E-state index in [1.165, 1.54) is 0 Å². The standard InChI is InChI=1S/C8H14F4O3/c1-2-13-3-4-14-5-6-15-8(11,12)7(9)10/h7H,2-6H2,1H3. The smallest absolute Gasteiger partial charge is 0.379 e. The molecule has 0 spiro atoms. The van der Waals surface area contributed by atoms with Crippen LogP contribution in [0.1, 0.15) is 6.92 Å². The van der Waals surface area contributed by atoms with Crippen LogP contribution in [0, 0.1) is 0 Å². The molecule has 0 aliphatic heterocycles. The Morgan fingerprint density at radius 1 is 1.00 bits per heavy atom. The second-order valence-electron chi connectivity index (χ2n) is 2.52. The lowest BCUT2D eigenvalue weighted by atomic mass is 10.6. The lowest BCUT2D eigenvalue weighted by molar-refractivity contribution is -0.303. The normalized spacial score (nSPS) is 12.4. The quantitative estimate of drug-likeness (QED) is 0.450. The number of hydrogen-bond acceptors (Lipinski definition) is 3. The molecule has 0 fully saturated rings. The zero-order chi connectivity index (χ0) is 11.7.